The van der Waals surface area contributed by atoms with Gasteiger partial charge in [0.2, 0.25) is 0 Å². The van der Waals surface area contributed by atoms with E-state index in [0.717, 1.165) is 6.54 Å². The van der Waals surface area contributed by atoms with E-state index in [1.165, 1.54) is 24.3 Å². The molecule has 2 aliphatic heterocycles. The number of benzene rings is 3. The van der Waals surface area contributed by atoms with Crippen molar-refractivity contribution < 1.29 is 23.5 Å². The average Bonchev–Trinajstić information content (AvgIpc) is 2.99. The molecule has 3 aromatic carbocycles. The molecule has 0 amide bonds. The van der Waals surface area contributed by atoms with Gasteiger partial charge in [-0.1, -0.05) is 18.2 Å². The Hall–Kier alpha value is -3.82. The van der Waals surface area contributed by atoms with Gasteiger partial charge >= 0.3 is 0 Å². The second-order valence-corrected chi connectivity index (χ2v) is 9.16. The predicted molar refractivity (Wildman–Crippen MR) is 133 cm³/mol. The Bertz CT molecular complexity index is 1360. The molecule has 2 aliphatic rings. The van der Waals surface area contributed by atoms with Crippen LogP contribution in [0.2, 0.25) is 0 Å². The number of likely N-dealkylation sites (tertiary alicyclic amines) is 1. The minimum atomic E-state index is -0.653. The maximum absolute atomic E-state index is 14.7. The van der Waals surface area contributed by atoms with E-state index in [1.54, 1.807) is 36.4 Å². The number of likely N-dealkylation sites (N-methyl/N-ethyl adjacent to an activating group) is 1. The molecule has 7 nitrogen and oxygen atoms in total. The fourth-order valence-corrected chi connectivity index (χ4v) is 4.78. The third-order valence-electron chi connectivity index (χ3n) is 6.67. The Labute approximate surface area is 206 Å². The standard InChI is InChI=1S/C27H25F2N3O4/c1-31-10-9-24(26(33)14-31)30-23-8-5-16(12-25(23)32(34)35)11-20-18-3-2-4-22(29)21(18)15-36-27-13-17(28)6-7-19(20)27/h2-8,11-13,24,26,30,33H,9-10,14-15H2,1H3/b20-11+. The molecule has 0 aliphatic carbocycles. The molecule has 5 rings (SSSR count). The minimum Gasteiger partial charge on any atom is -0.488 e. The van der Waals surface area contributed by atoms with E-state index >= 15 is 0 Å². The highest BCUT2D eigenvalue weighted by atomic mass is 19.1. The third kappa shape index (κ3) is 4.67. The van der Waals surface area contributed by atoms with Crippen molar-refractivity contribution in [2.24, 2.45) is 0 Å². The molecule has 1 saturated heterocycles. The van der Waals surface area contributed by atoms with Crippen molar-refractivity contribution in [2.45, 2.75) is 25.2 Å². The SMILES string of the molecule is CN1CCC(Nc2ccc(/C=C3/c4ccc(F)cc4OCc4c(F)cccc43)cc2[N+](=O)[O-])C(O)C1. The molecule has 2 atom stereocenters. The molecule has 186 valence electrons. The van der Waals surface area contributed by atoms with Crippen LogP contribution in [-0.4, -0.2) is 47.2 Å². The molecule has 2 unspecified atom stereocenters. The van der Waals surface area contributed by atoms with Crippen LogP contribution in [0.5, 0.6) is 5.75 Å². The Kier molecular flexibility index (Phi) is 6.42. The van der Waals surface area contributed by atoms with Gasteiger partial charge in [-0.15, -0.1) is 0 Å². The van der Waals surface area contributed by atoms with Crippen LogP contribution >= 0.6 is 0 Å². The maximum Gasteiger partial charge on any atom is 0.292 e. The number of ether oxygens (including phenoxy) is 1. The first-order valence-corrected chi connectivity index (χ1v) is 11.6. The lowest BCUT2D eigenvalue weighted by Gasteiger charge is -2.34. The van der Waals surface area contributed by atoms with Crippen molar-refractivity contribution in [1.82, 2.24) is 4.90 Å². The van der Waals surface area contributed by atoms with E-state index in [9.17, 15) is 24.0 Å². The van der Waals surface area contributed by atoms with Gasteiger partial charge in [0, 0.05) is 29.8 Å². The second kappa shape index (κ2) is 9.67. The van der Waals surface area contributed by atoms with Gasteiger partial charge < -0.3 is 20.1 Å². The van der Waals surface area contributed by atoms with Crippen LogP contribution < -0.4 is 10.1 Å². The van der Waals surface area contributed by atoms with E-state index in [4.69, 9.17) is 4.74 Å². The maximum atomic E-state index is 14.7. The number of aliphatic hydroxyl groups excluding tert-OH is 1. The van der Waals surface area contributed by atoms with E-state index in [-0.39, 0.29) is 24.1 Å². The number of nitrogens with one attached hydrogen (secondary N) is 1. The summed E-state index contributed by atoms with van der Waals surface area (Å²) in [5.74, 6) is -0.670. The largest absolute Gasteiger partial charge is 0.488 e. The molecule has 9 heteroatoms. The van der Waals surface area contributed by atoms with Crippen molar-refractivity contribution in [2.75, 3.05) is 25.5 Å². The van der Waals surface area contributed by atoms with Gasteiger partial charge in [-0.25, -0.2) is 8.78 Å². The van der Waals surface area contributed by atoms with E-state index in [1.807, 2.05) is 11.9 Å². The van der Waals surface area contributed by atoms with Crippen molar-refractivity contribution in [3.05, 3.63) is 98.6 Å². The van der Waals surface area contributed by atoms with Gasteiger partial charge in [0.1, 0.15) is 29.7 Å². The number of halogens is 2. The Balaban J connectivity index is 1.58. The molecule has 0 spiro atoms. The first-order valence-electron chi connectivity index (χ1n) is 11.6. The summed E-state index contributed by atoms with van der Waals surface area (Å²) in [4.78, 5) is 13.5. The molecular formula is C27H25F2N3O4. The third-order valence-corrected chi connectivity index (χ3v) is 6.67. The summed E-state index contributed by atoms with van der Waals surface area (Å²) in [5, 5.41) is 25.5. The molecule has 0 radical (unpaired) electrons. The van der Waals surface area contributed by atoms with Crippen molar-refractivity contribution in [1.29, 1.82) is 0 Å². The number of β-amino-alcohol motifs (C(OH)–C–C–N with tert-alkyl or cyclic N) is 1. The predicted octanol–water partition coefficient (Wildman–Crippen LogP) is 4.83. The van der Waals surface area contributed by atoms with Gasteiger partial charge in [-0.3, -0.25) is 10.1 Å². The molecule has 2 N–H and O–H groups in total. The first kappa shape index (κ1) is 23.9. The molecule has 0 saturated carbocycles. The Morgan fingerprint density at radius 1 is 1.17 bits per heavy atom. The smallest absolute Gasteiger partial charge is 0.292 e. The normalized spacial score (nSPS) is 20.7. The number of fused-ring (bicyclic) bond motifs is 2. The topological polar surface area (TPSA) is 87.9 Å². The van der Waals surface area contributed by atoms with E-state index in [2.05, 4.69) is 5.32 Å². The first-order chi connectivity index (χ1) is 17.3. The van der Waals surface area contributed by atoms with Crippen LogP contribution in [0.4, 0.5) is 20.2 Å². The van der Waals surface area contributed by atoms with Crippen LogP contribution in [0.25, 0.3) is 11.6 Å². The van der Waals surface area contributed by atoms with Crippen LogP contribution in [-0.2, 0) is 6.61 Å². The van der Waals surface area contributed by atoms with Crippen LogP contribution in [0, 0.1) is 21.7 Å². The summed E-state index contributed by atoms with van der Waals surface area (Å²) in [6.07, 6.45) is 1.71. The summed E-state index contributed by atoms with van der Waals surface area (Å²) in [7, 11) is 1.92. The number of nitro groups is 1. The second-order valence-electron chi connectivity index (χ2n) is 9.16. The number of rotatable bonds is 4. The molecule has 0 bridgehead atoms. The highest BCUT2D eigenvalue weighted by Crippen LogP contribution is 2.39. The fraction of sp³-hybridized carbons (Fsp3) is 0.259. The quantitative estimate of drug-likeness (QED) is 0.400. The number of hydrogen-bond acceptors (Lipinski definition) is 6. The number of nitro benzene ring substituents is 1. The highest BCUT2D eigenvalue weighted by Gasteiger charge is 2.28. The molecule has 3 aromatic rings. The van der Waals surface area contributed by atoms with Crippen LogP contribution in [0.15, 0.2) is 54.6 Å². The number of aliphatic hydroxyl groups is 1. The average molecular weight is 494 g/mol. The van der Waals surface area contributed by atoms with Crippen molar-refractivity contribution in [3.63, 3.8) is 0 Å². The summed E-state index contributed by atoms with van der Waals surface area (Å²) < 4.78 is 34.3. The number of anilines is 1. The van der Waals surface area contributed by atoms with Gasteiger partial charge in [0.25, 0.3) is 5.69 Å². The summed E-state index contributed by atoms with van der Waals surface area (Å²) in [6.45, 7) is 1.18. The lowest BCUT2D eigenvalue weighted by molar-refractivity contribution is -0.384. The fourth-order valence-electron chi connectivity index (χ4n) is 4.78. The Morgan fingerprint density at radius 3 is 2.78 bits per heavy atom. The molecule has 0 aromatic heterocycles. The van der Waals surface area contributed by atoms with E-state index < -0.39 is 22.7 Å². The van der Waals surface area contributed by atoms with Crippen molar-refractivity contribution in [3.8, 4) is 5.75 Å². The lowest BCUT2D eigenvalue weighted by atomic mass is 9.92. The lowest BCUT2D eigenvalue weighted by Crippen LogP contribution is -2.48. The van der Waals surface area contributed by atoms with Crippen LogP contribution in [0.1, 0.15) is 28.7 Å². The zero-order chi connectivity index (χ0) is 25.4. The Morgan fingerprint density at radius 2 is 2.00 bits per heavy atom. The number of piperidine rings is 1. The summed E-state index contributed by atoms with van der Waals surface area (Å²) in [5.41, 5.74) is 2.70. The minimum absolute atomic E-state index is 0.0717. The number of hydrogen-bond donors (Lipinski definition) is 2. The van der Waals surface area contributed by atoms with Crippen LogP contribution in [0.3, 0.4) is 0 Å². The zero-order valence-corrected chi connectivity index (χ0v) is 19.6. The van der Waals surface area contributed by atoms with Gasteiger partial charge in [0.15, 0.2) is 0 Å². The van der Waals surface area contributed by atoms with Gasteiger partial charge in [-0.05, 0) is 67.1 Å². The molecule has 1 fully saturated rings. The van der Waals surface area contributed by atoms with Gasteiger partial charge in [-0.2, -0.15) is 0 Å². The highest BCUT2D eigenvalue weighted by molar-refractivity contribution is 5.95. The summed E-state index contributed by atoms with van der Waals surface area (Å²) >= 11 is 0. The monoisotopic (exact) mass is 493 g/mol. The van der Waals surface area contributed by atoms with E-state index in [0.29, 0.717) is 46.5 Å². The number of nitrogens with zero attached hydrogens (tertiary/aromatic N) is 2. The molecule has 36 heavy (non-hydrogen) atoms. The zero-order valence-electron chi connectivity index (χ0n) is 19.6. The van der Waals surface area contributed by atoms with Gasteiger partial charge in [0.05, 0.1) is 17.1 Å². The molecule has 2 heterocycles. The summed E-state index contributed by atoms with van der Waals surface area (Å²) in [6, 6.07) is 13.2. The molecular weight excluding hydrogens is 468 g/mol. The van der Waals surface area contributed by atoms with Crippen molar-refractivity contribution >= 4 is 23.0 Å².